The largest absolute Gasteiger partial charge is 0.344 e. The van der Waals surface area contributed by atoms with E-state index in [9.17, 15) is 9.59 Å². The SMILES string of the molecule is CCN(C(=O)C(C)NC(=O)C1CCCC1)C1CCN(C)C1. The highest BCUT2D eigenvalue weighted by Crippen LogP contribution is 2.25. The monoisotopic (exact) mass is 295 g/mol. The molecule has 0 bridgehead atoms. The van der Waals surface area contributed by atoms with Gasteiger partial charge in [-0.1, -0.05) is 12.8 Å². The molecule has 2 unspecified atom stereocenters. The number of hydrogen-bond donors (Lipinski definition) is 1. The number of carbonyl (C=O) groups excluding carboxylic acids is 2. The first kappa shape index (κ1) is 16.3. The number of nitrogens with one attached hydrogen (secondary N) is 1. The van der Waals surface area contributed by atoms with Crippen LogP contribution in [0.3, 0.4) is 0 Å². The van der Waals surface area contributed by atoms with Crippen LogP contribution in [0.25, 0.3) is 0 Å². The summed E-state index contributed by atoms with van der Waals surface area (Å²) in [6, 6.07) is -0.123. The minimum absolute atomic E-state index is 0.0594. The Hall–Kier alpha value is -1.10. The Labute approximate surface area is 128 Å². The van der Waals surface area contributed by atoms with E-state index in [0.717, 1.165) is 45.2 Å². The third-order valence-corrected chi connectivity index (χ3v) is 4.89. The highest BCUT2D eigenvalue weighted by atomic mass is 16.2. The van der Waals surface area contributed by atoms with Crippen LogP contribution in [0, 0.1) is 5.92 Å². The molecule has 1 saturated carbocycles. The maximum absolute atomic E-state index is 12.6. The Bertz CT molecular complexity index is 380. The van der Waals surface area contributed by atoms with Crippen molar-refractivity contribution in [2.24, 2.45) is 5.92 Å². The Kier molecular flexibility index (Phi) is 5.62. The minimum Gasteiger partial charge on any atom is -0.344 e. The van der Waals surface area contributed by atoms with Crippen LogP contribution < -0.4 is 5.32 Å². The van der Waals surface area contributed by atoms with Crippen LogP contribution >= 0.6 is 0 Å². The standard InChI is InChI=1S/C16H29N3O2/c1-4-19(14-9-10-18(3)11-14)16(21)12(2)17-15(20)13-7-5-6-8-13/h12-14H,4-11H2,1-3H3,(H,17,20). The van der Waals surface area contributed by atoms with Gasteiger partial charge >= 0.3 is 0 Å². The summed E-state index contributed by atoms with van der Waals surface area (Å²) in [5.41, 5.74) is 0. The fourth-order valence-corrected chi connectivity index (χ4v) is 3.59. The van der Waals surface area contributed by atoms with E-state index in [-0.39, 0.29) is 17.7 Å². The molecule has 0 aromatic carbocycles. The zero-order valence-corrected chi connectivity index (χ0v) is 13.6. The van der Waals surface area contributed by atoms with Crippen LogP contribution in [0.4, 0.5) is 0 Å². The van der Waals surface area contributed by atoms with Gasteiger partial charge in [-0.15, -0.1) is 0 Å². The molecule has 0 radical (unpaired) electrons. The molecule has 2 amide bonds. The van der Waals surface area contributed by atoms with E-state index in [1.807, 2.05) is 18.7 Å². The number of hydrogen-bond acceptors (Lipinski definition) is 3. The van der Waals surface area contributed by atoms with Gasteiger partial charge in [0.25, 0.3) is 0 Å². The lowest BCUT2D eigenvalue weighted by molar-refractivity contribution is -0.138. The Balaban J connectivity index is 1.88. The zero-order chi connectivity index (χ0) is 15.4. The topological polar surface area (TPSA) is 52.7 Å². The van der Waals surface area contributed by atoms with E-state index < -0.39 is 6.04 Å². The van der Waals surface area contributed by atoms with Crippen molar-refractivity contribution in [1.29, 1.82) is 0 Å². The van der Waals surface area contributed by atoms with Crippen molar-refractivity contribution >= 4 is 11.8 Å². The summed E-state index contributed by atoms with van der Waals surface area (Å²) >= 11 is 0. The lowest BCUT2D eigenvalue weighted by atomic mass is 10.1. The third kappa shape index (κ3) is 3.96. The normalized spacial score (nSPS) is 25.0. The minimum atomic E-state index is -0.413. The summed E-state index contributed by atoms with van der Waals surface area (Å²) in [5, 5.41) is 2.93. The summed E-state index contributed by atoms with van der Waals surface area (Å²) in [5.74, 6) is 0.241. The summed E-state index contributed by atoms with van der Waals surface area (Å²) < 4.78 is 0. The van der Waals surface area contributed by atoms with Gasteiger partial charge in [0.2, 0.25) is 11.8 Å². The molecule has 2 aliphatic rings. The smallest absolute Gasteiger partial charge is 0.245 e. The molecule has 1 N–H and O–H groups in total. The molecule has 2 atom stereocenters. The van der Waals surface area contributed by atoms with Gasteiger partial charge in [0, 0.05) is 25.0 Å². The highest BCUT2D eigenvalue weighted by molar-refractivity contribution is 5.88. The quantitative estimate of drug-likeness (QED) is 0.830. The van der Waals surface area contributed by atoms with E-state index in [4.69, 9.17) is 0 Å². The molecule has 0 spiro atoms. The molecule has 5 nitrogen and oxygen atoms in total. The molecule has 2 fully saturated rings. The summed E-state index contributed by atoms with van der Waals surface area (Å²) in [6.07, 6.45) is 5.24. The van der Waals surface area contributed by atoms with Crippen molar-refractivity contribution < 1.29 is 9.59 Å². The number of rotatable bonds is 5. The molecule has 1 aliphatic carbocycles. The maximum Gasteiger partial charge on any atom is 0.245 e. The van der Waals surface area contributed by atoms with Crippen molar-refractivity contribution in [3.8, 4) is 0 Å². The molecule has 0 aromatic heterocycles. The van der Waals surface area contributed by atoms with Gasteiger partial charge in [-0.05, 0) is 46.7 Å². The van der Waals surface area contributed by atoms with Gasteiger partial charge < -0.3 is 15.1 Å². The van der Waals surface area contributed by atoms with E-state index in [1.165, 1.54) is 0 Å². The van der Waals surface area contributed by atoms with Gasteiger partial charge in [0.1, 0.15) is 6.04 Å². The number of amides is 2. The maximum atomic E-state index is 12.6. The van der Waals surface area contributed by atoms with Gasteiger partial charge in [-0.2, -0.15) is 0 Å². The second-order valence-electron chi connectivity index (χ2n) is 6.54. The molecule has 5 heteroatoms. The average molecular weight is 295 g/mol. The molecule has 120 valence electrons. The summed E-state index contributed by atoms with van der Waals surface area (Å²) in [4.78, 5) is 29.0. The van der Waals surface area contributed by atoms with Crippen molar-refractivity contribution in [3.05, 3.63) is 0 Å². The number of nitrogens with zero attached hydrogens (tertiary/aromatic N) is 2. The van der Waals surface area contributed by atoms with Crippen LogP contribution in [-0.4, -0.2) is 60.4 Å². The fourth-order valence-electron chi connectivity index (χ4n) is 3.59. The number of carbonyl (C=O) groups is 2. The lowest BCUT2D eigenvalue weighted by Crippen LogP contribution is -2.51. The van der Waals surface area contributed by atoms with E-state index >= 15 is 0 Å². The average Bonchev–Trinajstić information content (AvgIpc) is 3.11. The van der Waals surface area contributed by atoms with Crippen LogP contribution in [0.1, 0.15) is 46.0 Å². The van der Waals surface area contributed by atoms with Crippen LogP contribution in [0.15, 0.2) is 0 Å². The Morgan fingerprint density at radius 1 is 1.29 bits per heavy atom. The van der Waals surface area contributed by atoms with Crippen molar-refractivity contribution in [2.45, 2.75) is 58.0 Å². The molecule has 0 aromatic rings. The number of likely N-dealkylation sites (N-methyl/N-ethyl adjacent to an activating group) is 2. The summed E-state index contributed by atoms with van der Waals surface area (Å²) in [6.45, 7) is 6.51. The van der Waals surface area contributed by atoms with E-state index in [2.05, 4.69) is 17.3 Å². The second-order valence-corrected chi connectivity index (χ2v) is 6.54. The highest BCUT2D eigenvalue weighted by Gasteiger charge is 2.32. The first-order valence-electron chi connectivity index (χ1n) is 8.32. The molecule has 2 rings (SSSR count). The first-order valence-corrected chi connectivity index (χ1v) is 8.32. The molecule has 1 saturated heterocycles. The van der Waals surface area contributed by atoms with Crippen LogP contribution in [-0.2, 0) is 9.59 Å². The predicted molar refractivity (Wildman–Crippen MR) is 82.9 cm³/mol. The van der Waals surface area contributed by atoms with E-state index in [0.29, 0.717) is 12.6 Å². The molecule has 1 heterocycles. The fraction of sp³-hybridized carbons (Fsp3) is 0.875. The molecular weight excluding hydrogens is 266 g/mol. The molecule has 1 aliphatic heterocycles. The van der Waals surface area contributed by atoms with Crippen molar-refractivity contribution in [1.82, 2.24) is 15.1 Å². The Morgan fingerprint density at radius 2 is 1.95 bits per heavy atom. The number of likely N-dealkylation sites (tertiary alicyclic amines) is 1. The van der Waals surface area contributed by atoms with Crippen molar-refractivity contribution in [2.75, 3.05) is 26.7 Å². The van der Waals surface area contributed by atoms with Crippen LogP contribution in [0.5, 0.6) is 0 Å². The van der Waals surface area contributed by atoms with E-state index in [1.54, 1.807) is 0 Å². The zero-order valence-electron chi connectivity index (χ0n) is 13.6. The van der Waals surface area contributed by atoms with Gasteiger partial charge in [-0.25, -0.2) is 0 Å². The molecular formula is C16H29N3O2. The van der Waals surface area contributed by atoms with Crippen molar-refractivity contribution in [3.63, 3.8) is 0 Å². The lowest BCUT2D eigenvalue weighted by Gasteiger charge is -2.30. The molecule has 21 heavy (non-hydrogen) atoms. The second kappa shape index (κ2) is 7.25. The van der Waals surface area contributed by atoms with Gasteiger partial charge in [-0.3, -0.25) is 9.59 Å². The Morgan fingerprint density at radius 3 is 2.48 bits per heavy atom. The van der Waals surface area contributed by atoms with Gasteiger partial charge in [0.05, 0.1) is 0 Å². The van der Waals surface area contributed by atoms with Gasteiger partial charge in [0.15, 0.2) is 0 Å². The third-order valence-electron chi connectivity index (χ3n) is 4.89. The summed E-state index contributed by atoms with van der Waals surface area (Å²) in [7, 11) is 2.09. The first-order chi connectivity index (χ1) is 10.0. The van der Waals surface area contributed by atoms with Crippen LogP contribution in [0.2, 0.25) is 0 Å². The predicted octanol–water partition coefficient (Wildman–Crippen LogP) is 1.23.